The van der Waals surface area contributed by atoms with Gasteiger partial charge in [0.2, 0.25) is 5.91 Å². The van der Waals surface area contributed by atoms with Crippen LogP contribution in [0.5, 0.6) is 0 Å². The molecular formula is C17H22N2O5. The molecule has 1 aliphatic heterocycles. The third-order valence-electron chi connectivity index (χ3n) is 3.87. The first-order valence-electron chi connectivity index (χ1n) is 7.87. The van der Waals surface area contributed by atoms with Crippen molar-refractivity contribution in [2.24, 2.45) is 0 Å². The van der Waals surface area contributed by atoms with E-state index in [1.807, 2.05) is 0 Å². The van der Waals surface area contributed by atoms with Gasteiger partial charge in [0.15, 0.2) is 0 Å². The van der Waals surface area contributed by atoms with Crippen LogP contribution in [0.25, 0.3) is 0 Å². The molecule has 0 atom stereocenters. The van der Waals surface area contributed by atoms with Gasteiger partial charge in [-0.05, 0) is 44.1 Å². The molecule has 2 rings (SSSR count). The fraction of sp³-hybridized carbons (Fsp3) is 0.471. The van der Waals surface area contributed by atoms with Gasteiger partial charge in [-0.15, -0.1) is 0 Å². The number of ether oxygens (including phenoxy) is 2. The lowest BCUT2D eigenvalue weighted by atomic mass is 10.1. The molecule has 0 unspecified atom stereocenters. The van der Waals surface area contributed by atoms with Crippen molar-refractivity contribution in [1.82, 2.24) is 4.90 Å². The van der Waals surface area contributed by atoms with Crippen LogP contribution in [0, 0.1) is 0 Å². The Morgan fingerprint density at radius 3 is 2.00 bits per heavy atom. The highest BCUT2D eigenvalue weighted by atomic mass is 16.5. The SMILES string of the molecule is COC(=O)c1cc(NC(=O)CN2CCCCC2)cc(C(=O)OC)c1. The Hall–Kier alpha value is -2.41. The summed E-state index contributed by atoms with van der Waals surface area (Å²) in [5, 5.41) is 2.73. The van der Waals surface area contributed by atoms with E-state index in [0.717, 1.165) is 25.9 Å². The predicted octanol–water partition coefficient (Wildman–Crippen LogP) is 1.68. The van der Waals surface area contributed by atoms with Crippen molar-refractivity contribution in [3.8, 4) is 0 Å². The molecule has 1 N–H and O–H groups in total. The number of carbonyl (C=O) groups excluding carboxylic acids is 3. The molecule has 1 aromatic carbocycles. The van der Waals surface area contributed by atoms with Gasteiger partial charge >= 0.3 is 11.9 Å². The molecular weight excluding hydrogens is 312 g/mol. The minimum Gasteiger partial charge on any atom is -0.465 e. The lowest BCUT2D eigenvalue weighted by Gasteiger charge is -2.25. The Morgan fingerprint density at radius 1 is 0.958 bits per heavy atom. The number of piperidine rings is 1. The zero-order valence-electron chi connectivity index (χ0n) is 14.0. The van der Waals surface area contributed by atoms with Gasteiger partial charge in [0.25, 0.3) is 0 Å². The Bertz CT molecular complexity index is 589. The van der Waals surface area contributed by atoms with Crippen LogP contribution in [0.3, 0.4) is 0 Å². The average Bonchev–Trinajstić information content (AvgIpc) is 2.60. The van der Waals surface area contributed by atoms with Gasteiger partial charge in [0.05, 0.1) is 31.9 Å². The Kier molecular flexibility index (Phi) is 6.31. The van der Waals surface area contributed by atoms with E-state index in [2.05, 4.69) is 19.7 Å². The van der Waals surface area contributed by atoms with Gasteiger partial charge in [-0.25, -0.2) is 9.59 Å². The third-order valence-corrected chi connectivity index (χ3v) is 3.87. The molecule has 1 fully saturated rings. The zero-order valence-corrected chi connectivity index (χ0v) is 14.0. The van der Waals surface area contributed by atoms with E-state index in [-0.39, 0.29) is 23.6 Å². The number of hydrogen-bond acceptors (Lipinski definition) is 6. The van der Waals surface area contributed by atoms with Crippen LogP contribution in [-0.4, -0.2) is 56.6 Å². The van der Waals surface area contributed by atoms with E-state index in [9.17, 15) is 14.4 Å². The summed E-state index contributed by atoms with van der Waals surface area (Å²) in [4.78, 5) is 37.8. The summed E-state index contributed by atoms with van der Waals surface area (Å²) >= 11 is 0. The Morgan fingerprint density at radius 2 is 1.50 bits per heavy atom. The van der Waals surface area contributed by atoms with Crippen molar-refractivity contribution in [3.05, 3.63) is 29.3 Å². The van der Waals surface area contributed by atoms with E-state index >= 15 is 0 Å². The van der Waals surface area contributed by atoms with Gasteiger partial charge in [-0.1, -0.05) is 6.42 Å². The maximum Gasteiger partial charge on any atom is 0.337 e. The molecule has 1 aliphatic rings. The fourth-order valence-electron chi connectivity index (χ4n) is 2.69. The van der Waals surface area contributed by atoms with Crippen LogP contribution in [0.15, 0.2) is 18.2 Å². The number of rotatable bonds is 5. The molecule has 0 spiro atoms. The normalized spacial score (nSPS) is 14.8. The predicted molar refractivity (Wildman–Crippen MR) is 88.0 cm³/mol. The third kappa shape index (κ3) is 4.79. The molecule has 130 valence electrons. The summed E-state index contributed by atoms with van der Waals surface area (Å²) in [6.45, 7) is 2.10. The molecule has 7 heteroatoms. The van der Waals surface area contributed by atoms with Crippen LogP contribution < -0.4 is 5.32 Å². The molecule has 24 heavy (non-hydrogen) atoms. The van der Waals surface area contributed by atoms with Gasteiger partial charge in [0, 0.05) is 5.69 Å². The lowest BCUT2D eigenvalue weighted by molar-refractivity contribution is -0.117. The van der Waals surface area contributed by atoms with Crippen molar-refractivity contribution >= 4 is 23.5 Å². The highest BCUT2D eigenvalue weighted by Gasteiger charge is 2.17. The quantitative estimate of drug-likeness (QED) is 0.825. The van der Waals surface area contributed by atoms with Crippen molar-refractivity contribution < 1.29 is 23.9 Å². The molecule has 0 aromatic heterocycles. The highest BCUT2D eigenvalue weighted by molar-refractivity contribution is 5.99. The summed E-state index contributed by atoms with van der Waals surface area (Å²) in [7, 11) is 2.50. The second-order valence-corrected chi connectivity index (χ2v) is 5.67. The number of nitrogens with one attached hydrogen (secondary N) is 1. The minimum atomic E-state index is -0.590. The number of hydrogen-bond donors (Lipinski definition) is 1. The van der Waals surface area contributed by atoms with E-state index in [0.29, 0.717) is 5.69 Å². The summed E-state index contributed by atoms with van der Waals surface area (Å²) < 4.78 is 9.35. The summed E-state index contributed by atoms with van der Waals surface area (Å²) in [6.07, 6.45) is 3.39. The van der Waals surface area contributed by atoms with Crippen molar-refractivity contribution in [3.63, 3.8) is 0 Å². The van der Waals surface area contributed by atoms with E-state index in [4.69, 9.17) is 0 Å². The fourth-order valence-corrected chi connectivity index (χ4v) is 2.69. The second-order valence-electron chi connectivity index (χ2n) is 5.67. The molecule has 1 saturated heterocycles. The van der Waals surface area contributed by atoms with Gasteiger partial charge in [0.1, 0.15) is 0 Å². The molecule has 7 nitrogen and oxygen atoms in total. The van der Waals surface area contributed by atoms with Gasteiger partial charge < -0.3 is 14.8 Å². The summed E-state index contributed by atoms with van der Waals surface area (Å²) in [5.74, 6) is -1.37. The van der Waals surface area contributed by atoms with Crippen LogP contribution in [-0.2, 0) is 14.3 Å². The number of esters is 2. The topological polar surface area (TPSA) is 84.9 Å². The van der Waals surface area contributed by atoms with Crippen molar-refractivity contribution in [1.29, 1.82) is 0 Å². The molecule has 0 bridgehead atoms. The number of amides is 1. The zero-order chi connectivity index (χ0) is 17.5. The monoisotopic (exact) mass is 334 g/mol. The smallest absolute Gasteiger partial charge is 0.337 e. The number of benzene rings is 1. The van der Waals surface area contributed by atoms with Crippen molar-refractivity contribution in [2.75, 3.05) is 39.2 Å². The van der Waals surface area contributed by atoms with Gasteiger partial charge in [-0.3, -0.25) is 9.69 Å². The molecule has 1 heterocycles. The van der Waals surface area contributed by atoms with Crippen molar-refractivity contribution in [2.45, 2.75) is 19.3 Å². The first-order chi connectivity index (χ1) is 11.5. The Balaban J connectivity index is 2.13. The highest BCUT2D eigenvalue weighted by Crippen LogP contribution is 2.17. The Labute approximate surface area is 140 Å². The van der Waals surface area contributed by atoms with Crippen LogP contribution in [0.2, 0.25) is 0 Å². The number of anilines is 1. The number of likely N-dealkylation sites (tertiary alicyclic amines) is 1. The van der Waals surface area contributed by atoms with Crippen LogP contribution in [0.1, 0.15) is 40.0 Å². The second kappa shape index (κ2) is 8.44. The number of methoxy groups -OCH3 is 2. The number of nitrogens with zero attached hydrogens (tertiary/aromatic N) is 1. The van der Waals surface area contributed by atoms with E-state index in [1.54, 1.807) is 0 Å². The maximum absolute atomic E-state index is 12.2. The average molecular weight is 334 g/mol. The largest absolute Gasteiger partial charge is 0.465 e. The molecule has 0 saturated carbocycles. The van der Waals surface area contributed by atoms with Crippen LogP contribution >= 0.6 is 0 Å². The maximum atomic E-state index is 12.2. The standard InChI is InChI=1S/C17H22N2O5/c1-23-16(21)12-8-13(17(22)24-2)10-14(9-12)18-15(20)11-19-6-4-3-5-7-19/h8-10H,3-7,11H2,1-2H3,(H,18,20). The molecule has 0 aliphatic carbocycles. The lowest BCUT2D eigenvalue weighted by Crippen LogP contribution is -2.36. The minimum absolute atomic E-state index is 0.175. The first kappa shape index (κ1) is 17.9. The molecule has 0 radical (unpaired) electrons. The molecule has 1 amide bonds. The van der Waals surface area contributed by atoms with Gasteiger partial charge in [-0.2, -0.15) is 0 Å². The molecule has 1 aromatic rings. The van der Waals surface area contributed by atoms with Crippen LogP contribution in [0.4, 0.5) is 5.69 Å². The first-order valence-corrected chi connectivity index (χ1v) is 7.87. The number of carbonyl (C=O) groups is 3. The van der Waals surface area contributed by atoms with E-state index < -0.39 is 11.9 Å². The summed E-state index contributed by atoms with van der Waals surface area (Å²) in [5.41, 5.74) is 0.711. The summed E-state index contributed by atoms with van der Waals surface area (Å²) in [6, 6.07) is 4.33. The van der Waals surface area contributed by atoms with E-state index in [1.165, 1.54) is 38.8 Å².